The van der Waals surface area contributed by atoms with Crippen molar-refractivity contribution < 1.29 is 14.2 Å². The molecule has 1 fully saturated rings. The zero-order valence-corrected chi connectivity index (χ0v) is 21.6. The van der Waals surface area contributed by atoms with Crippen LogP contribution in [0, 0.1) is 18.8 Å². The van der Waals surface area contributed by atoms with Crippen molar-refractivity contribution in [3.8, 4) is 5.75 Å². The van der Waals surface area contributed by atoms with Crippen molar-refractivity contribution in [3.05, 3.63) is 65.9 Å². The minimum atomic E-state index is -1.05. The van der Waals surface area contributed by atoms with Gasteiger partial charge in [0.05, 0.1) is 12.6 Å². The van der Waals surface area contributed by atoms with E-state index in [1.807, 2.05) is 30.0 Å². The van der Waals surface area contributed by atoms with Crippen LogP contribution in [0.15, 0.2) is 59.6 Å². The number of likely N-dealkylation sites (tertiary alicyclic amines) is 1. The molecule has 1 aromatic heterocycles. The SMILES string of the molecule is COc1ccc2nccc([C@@H](F)CC[C@@H]3CCN(CCCSc4ccccc4C)C[C@@H]3CO)c2c1. The zero-order chi connectivity index (χ0) is 24.6. The highest BCUT2D eigenvalue weighted by molar-refractivity contribution is 7.99. The Kier molecular flexibility index (Phi) is 9.41. The zero-order valence-electron chi connectivity index (χ0n) is 20.8. The van der Waals surface area contributed by atoms with Gasteiger partial charge in [-0.25, -0.2) is 4.39 Å². The Morgan fingerprint density at radius 3 is 2.86 bits per heavy atom. The number of rotatable bonds is 11. The van der Waals surface area contributed by atoms with Crippen molar-refractivity contribution in [2.75, 3.05) is 39.1 Å². The van der Waals surface area contributed by atoms with Crippen LogP contribution in [0.2, 0.25) is 0 Å². The van der Waals surface area contributed by atoms with Gasteiger partial charge in [-0.2, -0.15) is 0 Å². The summed E-state index contributed by atoms with van der Waals surface area (Å²) >= 11 is 1.92. The van der Waals surface area contributed by atoms with E-state index in [1.54, 1.807) is 19.4 Å². The number of fused-ring (bicyclic) bond motifs is 1. The molecule has 0 radical (unpaired) electrons. The molecule has 1 aliphatic heterocycles. The number of alkyl halides is 1. The third kappa shape index (κ3) is 6.75. The maximum absolute atomic E-state index is 15.4. The summed E-state index contributed by atoms with van der Waals surface area (Å²) < 4.78 is 20.7. The lowest BCUT2D eigenvalue weighted by atomic mass is 9.81. The molecule has 188 valence electrons. The van der Waals surface area contributed by atoms with E-state index in [4.69, 9.17) is 4.74 Å². The number of aromatic nitrogens is 1. The van der Waals surface area contributed by atoms with E-state index in [0.29, 0.717) is 23.7 Å². The van der Waals surface area contributed by atoms with Crippen LogP contribution in [0.4, 0.5) is 4.39 Å². The number of methoxy groups -OCH3 is 1. The standard InChI is InChI=1S/C29H37FN2O2S/c1-21-6-3-4-7-29(21)35-17-5-15-32-16-13-22(23(19-32)20-33)8-10-27(30)25-12-14-31-28-11-9-24(34-2)18-26(25)28/h3-4,6-7,9,11-12,14,18,22-23,27,33H,5,8,10,13,15-17,19-20H2,1-2H3/t22-,23-,27+/m1/s1. The van der Waals surface area contributed by atoms with E-state index in [-0.39, 0.29) is 12.5 Å². The molecule has 0 saturated carbocycles. The lowest BCUT2D eigenvalue weighted by molar-refractivity contribution is 0.0640. The third-order valence-corrected chi connectivity index (χ3v) is 8.55. The van der Waals surface area contributed by atoms with Gasteiger partial charge >= 0.3 is 0 Å². The average molecular weight is 497 g/mol. The number of hydrogen-bond donors (Lipinski definition) is 1. The van der Waals surface area contributed by atoms with Crippen molar-refractivity contribution >= 4 is 22.7 Å². The predicted molar refractivity (Wildman–Crippen MR) is 143 cm³/mol. The van der Waals surface area contributed by atoms with Gasteiger partial charge < -0.3 is 14.7 Å². The van der Waals surface area contributed by atoms with Crippen molar-refractivity contribution in [3.63, 3.8) is 0 Å². The summed E-state index contributed by atoms with van der Waals surface area (Å²) in [6, 6.07) is 15.9. The van der Waals surface area contributed by atoms with Crippen molar-refractivity contribution in [2.45, 2.75) is 43.7 Å². The summed E-state index contributed by atoms with van der Waals surface area (Å²) in [5.41, 5.74) is 2.80. The average Bonchev–Trinajstić information content (AvgIpc) is 2.90. The largest absolute Gasteiger partial charge is 0.497 e. The van der Waals surface area contributed by atoms with Gasteiger partial charge in [0.1, 0.15) is 11.9 Å². The first-order valence-corrected chi connectivity index (χ1v) is 13.7. The van der Waals surface area contributed by atoms with Gasteiger partial charge in [-0.15, -0.1) is 11.8 Å². The Morgan fingerprint density at radius 2 is 2.06 bits per heavy atom. The molecule has 3 atom stereocenters. The predicted octanol–water partition coefficient (Wildman–Crippen LogP) is 6.46. The van der Waals surface area contributed by atoms with Crippen molar-refractivity contribution in [1.82, 2.24) is 9.88 Å². The molecule has 6 heteroatoms. The molecular formula is C29H37FN2O2S. The van der Waals surface area contributed by atoms with Crippen molar-refractivity contribution in [1.29, 1.82) is 0 Å². The number of hydrogen-bond acceptors (Lipinski definition) is 5. The van der Waals surface area contributed by atoms with Gasteiger partial charge in [-0.3, -0.25) is 4.98 Å². The second-order valence-corrected chi connectivity index (χ2v) is 10.7. The molecule has 0 amide bonds. The van der Waals surface area contributed by atoms with Gasteiger partial charge in [0, 0.05) is 29.6 Å². The minimum absolute atomic E-state index is 0.172. The maximum Gasteiger partial charge on any atom is 0.126 e. The summed E-state index contributed by atoms with van der Waals surface area (Å²) in [7, 11) is 1.62. The van der Waals surface area contributed by atoms with Crippen LogP contribution in [0.5, 0.6) is 5.75 Å². The van der Waals surface area contributed by atoms with Crippen LogP contribution in [0.1, 0.15) is 43.0 Å². The number of pyridine rings is 1. The molecule has 1 aliphatic rings. The Bertz CT molecular complexity index is 1100. The van der Waals surface area contributed by atoms with Gasteiger partial charge in [0.15, 0.2) is 0 Å². The molecule has 3 aromatic rings. The molecule has 0 spiro atoms. The number of nitrogens with zero attached hydrogens (tertiary/aromatic N) is 2. The van der Waals surface area contributed by atoms with Crippen molar-refractivity contribution in [2.24, 2.45) is 11.8 Å². The summed E-state index contributed by atoms with van der Waals surface area (Å²) in [6.45, 7) is 5.32. The Balaban J connectivity index is 1.26. The summed E-state index contributed by atoms with van der Waals surface area (Å²) in [5, 5.41) is 10.9. The molecule has 4 nitrogen and oxygen atoms in total. The van der Waals surface area contributed by atoms with Crippen LogP contribution in [0.3, 0.4) is 0 Å². The summed E-state index contributed by atoms with van der Waals surface area (Å²) in [5.74, 6) is 2.39. The molecule has 0 aliphatic carbocycles. The van der Waals surface area contributed by atoms with E-state index < -0.39 is 6.17 Å². The molecule has 35 heavy (non-hydrogen) atoms. The smallest absolute Gasteiger partial charge is 0.126 e. The monoisotopic (exact) mass is 496 g/mol. The Labute approximate surface area is 212 Å². The van der Waals surface area contributed by atoms with Gasteiger partial charge in [-0.05, 0) is 105 Å². The maximum atomic E-state index is 15.4. The molecule has 2 heterocycles. The molecule has 1 N–H and O–H groups in total. The first-order valence-electron chi connectivity index (χ1n) is 12.7. The molecule has 2 aromatic carbocycles. The number of thioether (sulfide) groups is 1. The van der Waals surface area contributed by atoms with Gasteiger partial charge in [0.25, 0.3) is 0 Å². The molecular weight excluding hydrogens is 459 g/mol. The second-order valence-electron chi connectivity index (χ2n) is 9.59. The number of aryl methyl sites for hydroxylation is 1. The molecule has 4 rings (SSSR count). The van der Waals surface area contributed by atoms with Crippen LogP contribution in [-0.2, 0) is 0 Å². The number of halogens is 1. The number of aliphatic hydroxyl groups excluding tert-OH is 1. The quantitative estimate of drug-likeness (QED) is 0.244. The highest BCUT2D eigenvalue weighted by Gasteiger charge is 2.29. The second kappa shape index (κ2) is 12.7. The summed E-state index contributed by atoms with van der Waals surface area (Å²) in [6.07, 6.45) is 4.04. The van der Waals surface area contributed by atoms with E-state index in [1.165, 1.54) is 10.5 Å². The van der Waals surface area contributed by atoms with Crippen LogP contribution < -0.4 is 4.74 Å². The lowest BCUT2D eigenvalue weighted by Gasteiger charge is -2.38. The Morgan fingerprint density at radius 1 is 1.20 bits per heavy atom. The highest BCUT2D eigenvalue weighted by atomic mass is 32.2. The molecule has 0 bridgehead atoms. The van der Waals surface area contributed by atoms with Gasteiger partial charge in [-0.1, -0.05) is 18.2 Å². The normalized spacial score (nSPS) is 19.7. The minimum Gasteiger partial charge on any atom is -0.497 e. The number of piperidine rings is 1. The fraction of sp³-hybridized carbons (Fsp3) is 0.483. The van der Waals surface area contributed by atoms with E-state index in [9.17, 15) is 5.11 Å². The third-order valence-electron chi connectivity index (χ3n) is 7.29. The van der Waals surface area contributed by atoms with E-state index in [2.05, 4.69) is 41.1 Å². The highest BCUT2D eigenvalue weighted by Crippen LogP contribution is 2.35. The fourth-order valence-corrected chi connectivity index (χ4v) is 6.16. The van der Waals surface area contributed by atoms with E-state index >= 15 is 4.39 Å². The van der Waals surface area contributed by atoms with Crippen LogP contribution in [0.25, 0.3) is 10.9 Å². The number of ether oxygens (including phenoxy) is 1. The molecule has 0 unspecified atom stereocenters. The van der Waals surface area contributed by atoms with Crippen LogP contribution >= 0.6 is 11.8 Å². The summed E-state index contributed by atoms with van der Waals surface area (Å²) in [4.78, 5) is 8.21. The molecule has 1 saturated heterocycles. The first kappa shape index (κ1) is 25.9. The lowest BCUT2D eigenvalue weighted by Crippen LogP contribution is -2.42. The van der Waals surface area contributed by atoms with E-state index in [0.717, 1.165) is 55.6 Å². The number of aliphatic hydroxyl groups is 1. The van der Waals surface area contributed by atoms with Gasteiger partial charge in [0.2, 0.25) is 0 Å². The number of benzene rings is 2. The topological polar surface area (TPSA) is 45.6 Å². The Hall–Kier alpha value is -2.15. The van der Waals surface area contributed by atoms with Crippen LogP contribution in [-0.4, -0.2) is 54.1 Å². The fourth-order valence-electron chi connectivity index (χ4n) is 5.20. The first-order chi connectivity index (χ1) is 17.1.